The van der Waals surface area contributed by atoms with Gasteiger partial charge in [0.2, 0.25) is 11.8 Å². The molecule has 2 aromatic rings. The van der Waals surface area contributed by atoms with E-state index >= 15 is 0 Å². The lowest BCUT2D eigenvalue weighted by atomic mass is 10.1. The Kier molecular flexibility index (Phi) is 4.79. The lowest BCUT2D eigenvalue weighted by Gasteiger charge is -2.10. The van der Waals surface area contributed by atoms with Crippen LogP contribution >= 0.6 is 0 Å². The molecule has 24 heavy (non-hydrogen) atoms. The summed E-state index contributed by atoms with van der Waals surface area (Å²) in [7, 11) is 0. The van der Waals surface area contributed by atoms with Gasteiger partial charge in [0, 0.05) is 6.54 Å². The first-order chi connectivity index (χ1) is 11.6. The van der Waals surface area contributed by atoms with Crippen molar-refractivity contribution in [2.75, 3.05) is 11.9 Å². The quantitative estimate of drug-likeness (QED) is 0.908. The van der Waals surface area contributed by atoms with E-state index in [9.17, 15) is 9.59 Å². The van der Waals surface area contributed by atoms with Gasteiger partial charge in [-0.25, -0.2) is 0 Å². The zero-order chi connectivity index (χ0) is 16.9. The van der Waals surface area contributed by atoms with Crippen molar-refractivity contribution in [2.45, 2.75) is 26.3 Å². The number of amides is 2. The Labute approximate surface area is 141 Å². The van der Waals surface area contributed by atoms with E-state index in [0.717, 1.165) is 11.1 Å². The van der Waals surface area contributed by atoms with Crippen LogP contribution in [0.25, 0.3) is 0 Å². The third kappa shape index (κ3) is 4.13. The highest BCUT2D eigenvalue weighted by molar-refractivity contribution is 5.93. The van der Waals surface area contributed by atoms with Crippen LogP contribution in [0.15, 0.2) is 42.5 Å². The summed E-state index contributed by atoms with van der Waals surface area (Å²) in [6.07, 6.45) is 0.593. The van der Waals surface area contributed by atoms with Gasteiger partial charge in [0.05, 0.1) is 25.1 Å². The average Bonchev–Trinajstić information content (AvgIpc) is 2.74. The Morgan fingerprint density at radius 3 is 2.71 bits per heavy atom. The minimum atomic E-state index is -0.0743. The van der Waals surface area contributed by atoms with Crippen molar-refractivity contribution in [1.82, 2.24) is 5.32 Å². The summed E-state index contributed by atoms with van der Waals surface area (Å²) in [5, 5.41) is 5.71. The van der Waals surface area contributed by atoms with Crippen LogP contribution in [-0.4, -0.2) is 18.4 Å². The summed E-state index contributed by atoms with van der Waals surface area (Å²) in [5.41, 5.74) is 3.72. The zero-order valence-corrected chi connectivity index (χ0v) is 13.6. The van der Waals surface area contributed by atoms with Crippen LogP contribution in [-0.2, 0) is 22.6 Å². The molecule has 0 spiro atoms. The molecule has 0 radical (unpaired) electrons. The highest BCUT2D eigenvalue weighted by Crippen LogP contribution is 2.28. The highest BCUT2D eigenvalue weighted by atomic mass is 16.5. The summed E-state index contributed by atoms with van der Waals surface area (Å²) in [5.74, 6) is 0.510. The second-order valence-corrected chi connectivity index (χ2v) is 5.92. The summed E-state index contributed by atoms with van der Waals surface area (Å²) < 4.78 is 5.51. The maximum absolute atomic E-state index is 12.1. The molecule has 0 aliphatic carbocycles. The van der Waals surface area contributed by atoms with Gasteiger partial charge < -0.3 is 15.4 Å². The summed E-state index contributed by atoms with van der Waals surface area (Å²) >= 11 is 0. The Bertz CT molecular complexity index is 754. The van der Waals surface area contributed by atoms with Gasteiger partial charge in [-0.3, -0.25) is 9.59 Å². The molecule has 0 saturated heterocycles. The Balaban J connectivity index is 1.60. The molecule has 0 aromatic heterocycles. The number of hydrogen-bond acceptors (Lipinski definition) is 3. The van der Waals surface area contributed by atoms with Crippen molar-refractivity contribution in [3.8, 4) is 5.75 Å². The number of rotatable bonds is 4. The molecule has 5 heteroatoms. The van der Waals surface area contributed by atoms with Gasteiger partial charge in [-0.05, 0) is 30.2 Å². The van der Waals surface area contributed by atoms with Crippen LogP contribution in [0.4, 0.5) is 5.69 Å². The minimum absolute atomic E-state index is 0.0589. The van der Waals surface area contributed by atoms with E-state index in [1.165, 1.54) is 5.56 Å². The molecule has 3 rings (SSSR count). The second-order valence-electron chi connectivity index (χ2n) is 5.92. The number of fused-ring (bicyclic) bond motifs is 1. The van der Waals surface area contributed by atoms with Crippen molar-refractivity contribution in [1.29, 1.82) is 0 Å². The van der Waals surface area contributed by atoms with E-state index in [2.05, 4.69) is 10.6 Å². The lowest BCUT2D eigenvalue weighted by molar-refractivity contribution is -0.120. The number of carbonyl (C=O) groups excluding carboxylic acids is 2. The number of anilines is 1. The van der Waals surface area contributed by atoms with E-state index in [1.807, 2.05) is 37.3 Å². The summed E-state index contributed by atoms with van der Waals surface area (Å²) in [6.45, 7) is 2.91. The van der Waals surface area contributed by atoms with Crippen molar-refractivity contribution >= 4 is 17.5 Å². The Hall–Kier alpha value is -2.82. The van der Waals surface area contributed by atoms with Gasteiger partial charge >= 0.3 is 0 Å². The van der Waals surface area contributed by atoms with E-state index in [0.29, 0.717) is 31.0 Å². The second kappa shape index (κ2) is 7.17. The van der Waals surface area contributed by atoms with Crippen LogP contribution in [0.5, 0.6) is 5.75 Å². The number of benzene rings is 2. The fourth-order valence-corrected chi connectivity index (χ4v) is 2.53. The first-order valence-electron chi connectivity index (χ1n) is 7.98. The molecule has 1 aliphatic heterocycles. The topological polar surface area (TPSA) is 67.4 Å². The largest absolute Gasteiger partial charge is 0.491 e. The van der Waals surface area contributed by atoms with E-state index in [1.54, 1.807) is 12.1 Å². The minimum Gasteiger partial charge on any atom is -0.491 e. The fraction of sp³-hybridized carbons (Fsp3) is 0.263. The Morgan fingerprint density at radius 1 is 1.17 bits per heavy atom. The normalized spacial score (nSPS) is 13.3. The predicted octanol–water partition coefficient (Wildman–Crippen LogP) is 2.57. The molecule has 2 aromatic carbocycles. The van der Waals surface area contributed by atoms with Crippen LogP contribution in [0, 0.1) is 6.92 Å². The maximum Gasteiger partial charge on any atom is 0.227 e. The molecule has 0 fully saturated rings. The Morgan fingerprint density at radius 2 is 1.92 bits per heavy atom. The van der Waals surface area contributed by atoms with E-state index in [-0.39, 0.29) is 18.2 Å². The molecule has 5 nitrogen and oxygen atoms in total. The van der Waals surface area contributed by atoms with Crippen molar-refractivity contribution in [2.24, 2.45) is 0 Å². The molecular formula is C19H20N2O3. The predicted molar refractivity (Wildman–Crippen MR) is 91.9 cm³/mol. The molecule has 124 valence electrons. The van der Waals surface area contributed by atoms with Gasteiger partial charge in [-0.15, -0.1) is 0 Å². The third-order valence-electron chi connectivity index (χ3n) is 3.88. The summed E-state index contributed by atoms with van der Waals surface area (Å²) in [6, 6.07) is 13.5. The molecule has 2 amide bonds. The fourth-order valence-electron chi connectivity index (χ4n) is 2.53. The molecule has 0 saturated carbocycles. The maximum atomic E-state index is 12.1. The van der Waals surface area contributed by atoms with Gasteiger partial charge in [0.25, 0.3) is 0 Å². The van der Waals surface area contributed by atoms with Gasteiger partial charge in [-0.2, -0.15) is 0 Å². The smallest absolute Gasteiger partial charge is 0.227 e. The van der Waals surface area contributed by atoms with Gasteiger partial charge in [0.1, 0.15) is 5.75 Å². The molecular weight excluding hydrogens is 304 g/mol. The van der Waals surface area contributed by atoms with Gasteiger partial charge in [0.15, 0.2) is 0 Å². The summed E-state index contributed by atoms with van der Waals surface area (Å²) in [4.78, 5) is 23.7. The highest BCUT2D eigenvalue weighted by Gasteiger charge is 2.14. The molecule has 1 aliphatic rings. The molecule has 0 bridgehead atoms. The number of hydrogen-bond donors (Lipinski definition) is 2. The van der Waals surface area contributed by atoms with E-state index in [4.69, 9.17) is 4.74 Å². The van der Waals surface area contributed by atoms with Crippen LogP contribution in [0.1, 0.15) is 23.1 Å². The molecule has 1 heterocycles. The first-order valence-corrected chi connectivity index (χ1v) is 7.98. The number of ether oxygens (including phenoxy) is 1. The van der Waals surface area contributed by atoms with Crippen molar-refractivity contribution in [3.05, 3.63) is 59.2 Å². The monoisotopic (exact) mass is 324 g/mol. The van der Waals surface area contributed by atoms with Gasteiger partial charge in [-0.1, -0.05) is 35.9 Å². The number of nitrogens with one attached hydrogen (secondary N) is 2. The molecule has 2 N–H and O–H groups in total. The standard InChI is InChI=1S/C19H20N2O3/c1-13-2-4-14(5-3-13)12-20-19(23)11-15-6-7-17-16(10-15)21-18(22)8-9-24-17/h2-7,10H,8-9,11-12H2,1H3,(H,20,23)(H,21,22). The SMILES string of the molecule is Cc1ccc(CNC(=O)Cc2ccc3c(c2)NC(=O)CCO3)cc1. The zero-order valence-electron chi connectivity index (χ0n) is 13.6. The van der Waals surface area contributed by atoms with Crippen LogP contribution in [0.3, 0.4) is 0 Å². The van der Waals surface area contributed by atoms with E-state index < -0.39 is 0 Å². The van der Waals surface area contributed by atoms with Crippen LogP contribution in [0.2, 0.25) is 0 Å². The third-order valence-corrected chi connectivity index (χ3v) is 3.88. The first kappa shape index (κ1) is 16.1. The number of aryl methyl sites for hydroxylation is 1. The lowest BCUT2D eigenvalue weighted by Crippen LogP contribution is -2.24. The molecule has 0 atom stereocenters. The van der Waals surface area contributed by atoms with Crippen molar-refractivity contribution in [3.63, 3.8) is 0 Å². The number of carbonyl (C=O) groups is 2. The average molecular weight is 324 g/mol. The van der Waals surface area contributed by atoms with Crippen LogP contribution < -0.4 is 15.4 Å². The molecule has 0 unspecified atom stereocenters. The van der Waals surface area contributed by atoms with Crippen molar-refractivity contribution < 1.29 is 14.3 Å².